The Labute approximate surface area is 147 Å². The van der Waals surface area contributed by atoms with Crippen molar-refractivity contribution < 1.29 is 18.9 Å². The fourth-order valence-electron chi connectivity index (χ4n) is 2.37. The summed E-state index contributed by atoms with van der Waals surface area (Å²) in [6.07, 6.45) is 0. The van der Waals surface area contributed by atoms with Crippen LogP contribution in [0, 0.1) is 0 Å². The van der Waals surface area contributed by atoms with Crippen LogP contribution in [0.4, 0.5) is 0 Å². The van der Waals surface area contributed by atoms with E-state index in [1.54, 1.807) is 14.2 Å². The van der Waals surface area contributed by atoms with Crippen LogP contribution in [0.15, 0.2) is 30.3 Å². The smallest absolute Gasteiger partial charge is 0.188 e. The lowest BCUT2D eigenvalue weighted by atomic mass is 10.1. The molecule has 0 N–H and O–H groups in total. The number of benzene rings is 2. The summed E-state index contributed by atoms with van der Waals surface area (Å²) < 4.78 is 21.1. The summed E-state index contributed by atoms with van der Waals surface area (Å²) in [4.78, 5) is 9.46. The third kappa shape index (κ3) is 3.43. The number of fused-ring (bicyclic) bond motifs is 2. The Morgan fingerprint density at radius 1 is 0.917 bits per heavy atom. The minimum Gasteiger partial charge on any atom is -0.467 e. The van der Waals surface area contributed by atoms with Crippen molar-refractivity contribution in [2.24, 2.45) is 0 Å². The first-order chi connectivity index (χ1) is 11.8. The topological polar surface area (TPSA) is 62.7 Å². The van der Waals surface area contributed by atoms with Crippen molar-refractivity contribution in [3.8, 4) is 11.5 Å². The molecule has 24 heavy (non-hydrogen) atoms. The lowest BCUT2D eigenvalue weighted by Crippen LogP contribution is -2.02. The maximum Gasteiger partial charge on any atom is 0.188 e. The monoisotopic (exact) mass is 392 g/mol. The van der Waals surface area contributed by atoms with E-state index in [1.165, 1.54) is 0 Å². The SMILES string of the molecule is COCOc1cc(CBr)c2nc3cccc(OCOC)c3nc2c1. The van der Waals surface area contributed by atoms with Crippen LogP contribution in [0.5, 0.6) is 11.5 Å². The molecule has 1 heterocycles. The van der Waals surface area contributed by atoms with E-state index in [-0.39, 0.29) is 13.6 Å². The largest absolute Gasteiger partial charge is 0.467 e. The van der Waals surface area contributed by atoms with Gasteiger partial charge in [0.2, 0.25) is 0 Å². The first kappa shape index (κ1) is 16.9. The Bertz CT molecular complexity index is 857. The van der Waals surface area contributed by atoms with E-state index in [4.69, 9.17) is 28.9 Å². The molecule has 3 aromatic rings. The van der Waals surface area contributed by atoms with Gasteiger partial charge in [-0.3, -0.25) is 0 Å². The number of alkyl halides is 1. The maximum atomic E-state index is 5.58. The summed E-state index contributed by atoms with van der Waals surface area (Å²) in [6.45, 7) is 0.332. The van der Waals surface area contributed by atoms with Crippen molar-refractivity contribution in [1.82, 2.24) is 9.97 Å². The van der Waals surface area contributed by atoms with Crippen molar-refractivity contribution in [2.45, 2.75) is 5.33 Å². The molecule has 7 heteroatoms. The van der Waals surface area contributed by atoms with Crippen molar-refractivity contribution in [3.05, 3.63) is 35.9 Å². The average Bonchev–Trinajstić information content (AvgIpc) is 2.62. The molecule has 0 aliphatic rings. The summed E-state index contributed by atoms with van der Waals surface area (Å²) in [6, 6.07) is 9.42. The van der Waals surface area contributed by atoms with Crippen LogP contribution in [-0.2, 0) is 14.8 Å². The minimum atomic E-state index is 0.155. The summed E-state index contributed by atoms with van der Waals surface area (Å²) in [7, 11) is 3.16. The zero-order chi connectivity index (χ0) is 16.9. The van der Waals surface area contributed by atoms with Crippen LogP contribution in [0.2, 0.25) is 0 Å². The number of methoxy groups -OCH3 is 2. The van der Waals surface area contributed by atoms with E-state index in [9.17, 15) is 0 Å². The molecule has 0 unspecified atom stereocenters. The van der Waals surface area contributed by atoms with Crippen LogP contribution in [0.1, 0.15) is 5.56 Å². The molecule has 0 saturated heterocycles. The van der Waals surface area contributed by atoms with Gasteiger partial charge >= 0.3 is 0 Å². The Morgan fingerprint density at radius 3 is 2.42 bits per heavy atom. The van der Waals surface area contributed by atoms with Gasteiger partial charge in [0, 0.05) is 25.6 Å². The van der Waals surface area contributed by atoms with E-state index in [1.807, 2.05) is 30.3 Å². The highest BCUT2D eigenvalue weighted by Gasteiger charge is 2.12. The van der Waals surface area contributed by atoms with E-state index >= 15 is 0 Å². The lowest BCUT2D eigenvalue weighted by Gasteiger charge is -2.11. The second kappa shape index (κ2) is 7.74. The van der Waals surface area contributed by atoms with Gasteiger partial charge < -0.3 is 18.9 Å². The molecule has 0 amide bonds. The van der Waals surface area contributed by atoms with Gasteiger partial charge in [0.25, 0.3) is 0 Å². The third-order valence-corrected chi connectivity index (χ3v) is 4.01. The Hall–Kier alpha value is -1.96. The first-order valence-corrected chi connectivity index (χ1v) is 8.41. The molecule has 0 aliphatic heterocycles. The Kier molecular flexibility index (Phi) is 5.44. The molecule has 0 aliphatic carbocycles. The van der Waals surface area contributed by atoms with Crippen LogP contribution in [0.3, 0.4) is 0 Å². The van der Waals surface area contributed by atoms with Gasteiger partial charge in [0.1, 0.15) is 17.0 Å². The molecule has 3 rings (SSSR count). The van der Waals surface area contributed by atoms with Crippen molar-refractivity contribution >= 4 is 38.0 Å². The number of aromatic nitrogens is 2. The van der Waals surface area contributed by atoms with Crippen LogP contribution in [0.25, 0.3) is 22.1 Å². The number of ether oxygens (including phenoxy) is 4. The molecule has 0 radical (unpaired) electrons. The van der Waals surface area contributed by atoms with Gasteiger partial charge in [-0.05, 0) is 23.8 Å². The highest BCUT2D eigenvalue weighted by atomic mass is 79.9. The zero-order valence-corrected chi connectivity index (χ0v) is 15.0. The normalized spacial score (nSPS) is 11.1. The molecule has 1 aromatic heterocycles. The van der Waals surface area contributed by atoms with Crippen molar-refractivity contribution in [3.63, 3.8) is 0 Å². The summed E-state index contributed by atoms with van der Waals surface area (Å²) in [5, 5.41) is 0.647. The molecule has 0 atom stereocenters. The molecular weight excluding hydrogens is 376 g/mol. The van der Waals surface area contributed by atoms with Crippen molar-refractivity contribution in [2.75, 3.05) is 27.8 Å². The Balaban J connectivity index is 2.16. The quantitative estimate of drug-likeness (QED) is 0.347. The molecule has 126 valence electrons. The van der Waals surface area contributed by atoms with Crippen LogP contribution in [-0.4, -0.2) is 37.8 Å². The predicted octanol–water partition coefficient (Wildman–Crippen LogP) is 3.64. The minimum absolute atomic E-state index is 0.155. The molecule has 0 fully saturated rings. The maximum absolute atomic E-state index is 5.58. The van der Waals surface area contributed by atoms with Crippen LogP contribution >= 0.6 is 15.9 Å². The molecule has 0 bridgehead atoms. The molecule has 0 saturated carbocycles. The van der Waals surface area contributed by atoms with Gasteiger partial charge in [-0.25, -0.2) is 9.97 Å². The Morgan fingerprint density at radius 2 is 1.67 bits per heavy atom. The second-order valence-corrected chi connectivity index (χ2v) is 5.59. The molecular formula is C17H17BrN2O4. The van der Waals surface area contributed by atoms with E-state index in [2.05, 4.69) is 15.9 Å². The highest BCUT2D eigenvalue weighted by molar-refractivity contribution is 9.08. The van der Waals surface area contributed by atoms with Crippen LogP contribution < -0.4 is 9.47 Å². The van der Waals surface area contributed by atoms with E-state index in [0.29, 0.717) is 22.3 Å². The number of nitrogens with zero attached hydrogens (tertiary/aromatic N) is 2. The number of hydrogen-bond acceptors (Lipinski definition) is 6. The molecule has 0 spiro atoms. The fourth-order valence-corrected chi connectivity index (χ4v) is 2.80. The molecule has 6 nitrogen and oxygen atoms in total. The first-order valence-electron chi connectivity index (χ1n) is 7.29. The second-order valence-electron chi connectivity index (χ2n) is 5.03. The number of halogens is 1. The number of hydrogen-bond donors (Lipinski definition) is 0. The van der Waals surface area contributed by atoms with Gasteiger partial charge in [0.05, 0.1) is 16.6 Å². The summed E-state index contributed by atoms with van der Waals surface area (Å²) in [5.41, 5.74) is 4.01. The summed E-state index contributed by atoms with van der Waals surface area (Å²) in [5.74, 6) is 1.31. The standard InChI is InChI=1S/C17H17BrN2O4/c1-21-9-23-12-6-11(8-18)16-14(7-12)20-17-13(19-16)4-3-5-15(17)24-10-22-2/h3-7H,8-10H2,1-2H3. The van der Waals surface area contributed by atoms with Gasteiger partial charge in [-0.15, -0.1) is 0 Å². The lowest BCUT2D eigenvalue weighted by molar-refractivity contribution is 0.0511. The van der Waals surface area contributed by atoms with Gasteiger partial charge in [-0.2, -0.15) is 0 Å². The van der Waals surface area contributed by atoms with Gasteiger partial charge in [0.15, 0.2) is 13.6 Å². The van der Waals surface area contributed by atoms with Gasteiger partial charge in [-0.1, -0.05) is 22.0 Å². The predicted molar refractivity (Wildman–Crippen MR) is 94.7 cm³/mol. The number of para-hydroxylation sites is 1. The highest BCUT2D eigenvalue weighted by Crippen LogP contribution is 2.29. The molecule has 2 aromatic carbocycles. The van der Waals surface area contributed by atoms with E-state index in [0.717, 1.165) is 22.1 Å². The average molecular weight is 393 g/mol. The summed E-state index contributed by atoms with van der Waals surface area (Å²) >= 11 is 3.50. The zero-order valence-electron chi connectivity index (χ0n) is 13.4. The van der Waals surface area contributed by atoms with E-state index < -0.39 is 0 Å². The third-order valence-electron chi connectivity index (χ3n) is 3.40. The van der Waals surface area contributed by atoms with Crippen molar-refractivity contribution in [1.29, 1.82) is 0 Å². The number of rotatable bonds is 7. The fraction of sp³-hybridized carbons (Fsp3) is 0.294.